The summed E-state index contributed by atoms with van der Waals surface area (Å²) in [5, 5.41) is 11.2. The van der Waals surface area contributed by atoms with Crippen molar-refractivity contribution in [2.24, 2.45) is 5.73 Å². The third kappa shape index (κ3) is 2.80. The molecule has 0 fully saturated rings. The molecule has 0 aromatic carbocycles. The average molecular weight is 242 g/mol. The highest BCUT2D eigenvalue weighted by Crippen LogP contribution is 2.26. The molecule has 1 atom stereocenters. The third-order valence-electron chi connectivity index (χ3n) is 2.18. The lowest BCUT2D eigenvalue weighted by Crippen LogP contribution is -2.43. The number of carboxylic acids is 1. The van der Waals surface area contributed by atoms with E-state index in [1.54, 1.807) is 7.05 Å². The van der Waals surface area contributed by atoms with Gasteiger partial charge in [0, 0.05) is 7.05 Å². The number of carboxylic acid groups (broad SMARTS) is 1. The maximum Gasteiger partial charge on any atom is 0.305 e. The summed E-state index contributed by atoms with van der Waals surface area (Å²) >= 11 is 1.42. The first-order valence-electron chi connectivity index (χ1n) is 4.72. The van der Waals surface area contributed by atoms with Crippen LogP contribution in [0, 0.1) is 6.92 Å². The second kappa shape index (κ2) is 5.09. The van der Waals surface area contributed by atoms with E-state index in [0.717, 1.165) is 10.6 Å². The van der Waals surface area contributed by atoms with Crippen molar-refractivity contribution in [3.8, 4) is 0 Å². The molecule has 0 radical (unpaired) electrons. The van der Waals surface area contributed by atoms with Gasteiger partial charge in [-0.3, -0.25) is 9.59 Å². The summed E-state index contributed by atoms with van der Waals surface area (Å²) < 4.78 is 0. The number of aryl methyl sites for hydroxylation is 1. The number of carbonyl (C=O) groups is 2. The number of carbonyl (C=O) groups excluding carboxylic acids is 1. The fourth-order valence-electron chi connectivity index (χ4n) is 1.33. The lowest BCUT2D eigenvalue weighted by molar-refractivity contribution is -0.139. The molecule has 1 heterocycles. The van der Waals surface area contributed by atoms with Crippen LogP contribution in [-0.2, 0) is 9.59 Å². The molecule has 5 nitrogen and oxygen atoms in total. The second-order valence-corrected chi connectivity index (χ2v) is 4.40. The number of thiophene rings is 1. The van der Waals surface area contributed by atoms with Gasteiger partial charge in [0.05, 0.1) is 12.5 Å². The fraction of sp³-hybridized carbons (Fsp3) is 0.400. The Morgan fingerprint density at radius 3 is 2.69 bits per heavy atom. The Kier molecular flexibility index (Phi) is 4.03. The highest BCUT2D eigenvalue weighted by molar-refractivity contribution is 7.14. The van der Waals surface area contributed by atoms with Crippen molar-refractivity contribution >= 4 is 28.2 Å². The van der Waals surface area contributed by atoms with Crippen molar-refractivity contribution < 1.29 is 14.7 Å². The standard InChI is InChI=1S/C10H14N2O3S/c1-6-3-4-16-10(6)12(2)9(15)7(11)5-8(13)14/h3-4,7H,5,11H2,1-2H3,(H,13,14). The molecule has 0 aliphatic carbocycles. The molecular weight excluding hydrogens is 228 g/mol. The Balaban J connectivity index is 2.75. The zero-order chi connectivity index (χ0) is 12.3. The van der Waals surface area contributed by atoms with Gasteiger partial charge in [-0.15, -0.1) is 11.3 Å². The van der Waals surface area contributed by atoms with Gasteiger partial charge in [0.25, 0.3) is 0 Å². The Morgan fingerprint density at radius 2 is 2.25 bits per heavy atom. The zero-order valence-electron chi connectivity index (χ0n) is 9.14. The number of hydrogen-bond acceptors (Lipinski definition) is 4. The Hall–Kier alpha value is -1.40. The largest absolute Gasteiger partial charge is 0.481 e. The third-order valence-corrected chi connectivity index (χ3v) is 3.27. The van der Waals surface area contributed by atoms with E-state index < -0.39 is 12.0 Å². The fourth-order valence-corrected chi connectivity index (χ4v) is 2.24. The van der Waals surface area contributed by atoms with Crippen molar-refractivity contribution in [3.63, 3.8) is 0 Å². The molecule has 1 rings (SSSR count). The van der Waals surface area contributed by atoms with Gasteiger partial charge in [-0.1, -0.05) is 0 Å². The van der Waals surface area contributed by atoms with Crippen molar-refractivity contribution in [1.29, 1.82) is 0 Å². The number of amides is 1. The minimum atomic E-state index is -1.07. The molecule has 88 valence electrons. The molecular formula is C10H14N2O3S. The monoisotopic (exact) mass is 242 g/mol. The predicted molar refractivity (Wildman–Crippen MR) is 62.7 cm³/mol. The van der Waals surface area contributed by atoms with Gasteiger partial charge in [-0.25, -0.2) is 0 Å². The van der Waals surface area contributed by atoms with E-state index in [1.807, 2.05) is 18.4 Å². The smallest absolute Gasteiger partial charge is 0.305 e. The molecule has 6 heteroatoms. The van der Waals surface area contributed by atoms with Gasteiger partial charge in [-0.05, 0) is 23.9 Å². The summed E-state index contributed by atoms with van der Waals surface area (Å²) in [5.74, 6) is -1.45. The number of aliphatic carboxylic acids is 1. The van der Waals surface area contributed by atoms with Gasteiger partial charge in [0.1, 0.15) is 5.00 Å². The maximum atomic E-state index is 11.8. The van der Waals surface area contributed by atoms with E-state index in [4.69, 9.17) is 10.8 Å². The van der Waals surface area contributed by atoms with Gasteiger partial charge < -0.3 is 15.7 Å². The first-order valence-corrected chi connectivity index (χ1v) is 5.60. The summed E-state index contributed by atoms with van der Waals surface area (Å²) in [6.07, 6.45) is -0.354. The number of rotatable bonds is 4. The van der Waals surface area contributed by atoms with Gasteiger partial charge in [-0.2, -0.15) is 0 Å². The topological polar surface area (TPSA) is 83.6 Å². The minimum absolute atomic E-state index is 0.354. The molecule has 3 N–H and O–H groups in total. The molecule has 0 aliphatic heterocycles. The molecule has 0 bridgehead atoms. The maximum absolute atomic E-state index is 11.8. The van der Waals surface area contributed by atoms with E-state index in [-0.39, 0.29) is 12.3 Å². The van der Waals surface area contributed by atoms with Crippen LogP contribution in [0.4, 0.5) is 5.00 Å². The van der Waals surface area contributed by atoms with Crippen LogP contribution in [0.1, 0.15) is 12.0 Å². The van der Waals surface area contributed by atoms with E-state index in [0.29, 0.717) is 0 Å². The number of nitrogens with two attached hydrogens (primary N) is 1. The number of nitrogens with zero attached hydrogens (tertiary/aromatic N) is 1. The normalized spacial score (nSPS) is 12.2. The van der Waals surface area contributed by atoms with Crippen LogP contribution in [0.15, 0.2) is 11.4 Å². The predicted octanol–water partition coefficient (Wildman–Crippen LogP) is 0.821. The van der Waals surface area contributed by atoms with Gasteiger partial charge in [0.15, 0.2) is 0 Å². The van der Waals surface area contributed by atoms with Crippen molar-refractivity contribution in [2.75, 3.05) is 11.9 Å². The van der Waals surface area contributed by atoms with Crippen LogP contribution < -0.4 is 10.6 Å². The lowest BCUT2D eigenvalue weighted by Gasteiger charge is -2.19. The number of hydrogen-bond donors (Lipinski definition) is 2. The summed E-state index contributed by atoms with van der Waals surface area (Å²) in [7, 11) is 1.60. The van der Waals surface area contributed by atoms with Gasteiger partial charge in [0.2, 0.25) is 5.91 Å². The summed E-state index contributed by atoms with van der Waals surface area (Å²) in [6, 6.07) is 0.899. The SMILES string of the molecule is Cc1ccsc1N(C)C(=O)C(N)CC(=O)O. The van der Waals surface area contributed by atoms with E-state index in [2.05, 4.69) is 0 Å². The van der Waals surface area contributed by atoms with Crippen molar-refractivity contribution in [3.05, 3.63) is 17.0 Å². The zero-order valence-corrected chi connectivity index (χ0v) is 9.95. The molecule has 1 aromatic rings. The van der Waals surface area contributed by atoms with E-state index in [1.165, 1.54) is 16.2 Å². The summed E-state index contributed by atoms with van der Waals surface area (Å²) in [5.41, 5.74) is 6.48. The number of likely N-dealkylation sites (N-methyl/N-ethyl adjacent to an activating group) is 1. The highest BCUT2D eigenvalue weighted by Gasteiger charge is 2.23. The van der Waals surface area contributed by atoms with Crippen LogP contribution in [0.25, 0.3) is 0 Å². The van der Waals surface area contributed by atoms with Crippen LogP contribution in [0.2, 0.25) is 0 Å². The summed E-state index contributed by atoms with van der Waals surface area (Å²) in [4.78, 5) is 23.6. The van der Waals surface area contributed by atoms with Crippen LogP contribution in [0.5, 0.6) is 0 Å². The molecule has 1 unspecified atom stereocenters. The van der Waals surface area contributed by atoms with Gasteiger partial charge >= 0.3 is 5.97 Å². The molecule has 1 aromatic heterocycles. The quantitative estimate of drug-likeness (QED) is 0.818. The number of anilines is 1. The van der Waals surface area contributed by atoms with E-state index in [9.17, 15) is 9.59 Å². The van der Waals surface area contributed by atoms with Crippen LogP contribution >= 0.6 is 11.3 Å². The molecule has 16 heavy (non-hydrogen) atoms. The molecule has 0 saturated carbocycles. The Morgan fingerprint density at radius 1 is 1.62 bits per heavy atom. The lowest BCUT2D eigenvalue weighted by atomic mass is 10.2. The van der Waals surface area contributed by atoms with E-state index >= 15 is 0 Å². The Labute approximate surface area is 97.5 Å². The molecule has 0 saturated heterocycles. The first kappa shape index (κ1) is 12.7. The highest BCUT2D eigenvalue weighted by atomic mass is 32.1. The summed E-state index contributed by atoms with van der Waals surface area (Å²) in [6.45, 7) is 1.89. The van der Waals surface area contributed by atoms with Crippen LogP contribution in [-0.4, -0.2) is 30.1 Å². The first-order chi connectivity index (χ1) is 7.43. The molecule has 1 amide bonds. The minimum Gasteiger partial charge on any atom is -0.481 e. The average Bonchev–Trinajstić information content (AvgIpc) is 2.61. The molecule has 0 aliphatic rings. The molecule has 0 spiro atoms. The van der Waals surface area contributed by atoms with Crippen LogP contribution in [0.3, 0.4) is 0 Å². The second-order valence-electron chi connectivity index (χ2n) is 3.51. The Bertz CT molecular complexity index is 403. The van der Waals surface area contributed by atoms with Crippen molar-refractivity contribution in [1.82, 2.24) is 0 Å². The van der Waals surface area contributed by atoms with Crippen molar-refractivity contribution in [2.45, 2.75) is 19.4 Å².